The van der Waals surface area contributed by atoms with Gasteiger partial charge in [0.15, 0.2) is 5.78 Å². The Balaban J connectivity index is 1.90. The lowest BCUT2D eigenvalue weighted by molar-refractivity contribution is 0.0884. The number of aromatic amines is 1. The largest absolute Gasteiger partial charge is 0.362 e. The molecule has 1 aliphatic rings. The van der Waals surface area contributed by atoms with Crippen molar-refractivity contribution in [2.45, 2.75) is 58.9 Å². The number of ketones is 1. The predicted octanol–water partition coefficient (Wildman–Crippen LogP) is 3.71. The van der Waals surface area contributed by atoms with Gasteiger partial charge in [-0.25, -0.2) is 0 Å². The van der Waals surface area contributed by atoms with Crippen LogP contribution in [0.1, 0.15) is 60.8 Å². The molecule has 0 aliphatic heterocycles. The molecule has 0 bridgehead atoms. The first-order chi connectivity index (χ1) is 9.51. The highest BCUT2D eigenvalue weighted by Gasteiger charge is 2.24. The summed E-state index contributed by atoms with van der Waals surface area (Å²) >= 11 is 0. The third kappa shape index (κ3) is 3.51. The molecule has 0 unspecified atom stereocenters. The highest BCUT2D eigenvalue weighted by molar-refractivity contribution is 5.98. The minimum atomic E-state index is 0.243. The molecule has 1 aromatic rings. The van der Waals surface area contributed by atoms with Crippen LogP contribution in [0.25, 0.3) is 0 Å². The molecule has 0 radical (unpaired) electrons. The number of aromatic nitrogens is 1. The van der Waals surface area contributed by atoms with Crippen LogP contribution in [0, 0.1) is 19.8 Å². The van der Waals surface area contributed by atoms with E-state index in [4.69, 9.17) is 0 Å². The fourth-order valence-corrected chi connectivity index (χ4v) is 3.45. The summed E-state index contributed by atoms with van der Waals surface area (Å²) in [6.45, 7) is 6.81. The van der Waals surface area contributed by atoms with Crippen molar-refractivity contribution in [3.63, 3.8) is 0 Å². The number of nitrogens with zero attached hydrogens (tertiary/aromatic N) is 1. The maximum atomic E-state index is 12.4. The van der Waals surface area contributed by atoms with E-state index in [0.717, 1.165) is 22.9 Å². The zero-order valence-corrected chi connectivity index (χ0v) is 13.3. The van der Waals surface area contributed by atoms with E-state index in [-0.39, 0.29) is 5.78 Å². The number of likely N-dealkylation sites (N-methyl/N-ethyl adjacent to an activating group) is 1. The van der Waals surface area contributed by atoms with Crippen molar-refractivity contribution in [3.8, 4) is 0 Å². The van der Waals surface area contributed by atoms with Crippen molar-refractivity contribution in [2.24, 2.45) is 5.92 Å². The summed E-state index contributed by atoms with van der Waals surface area (Å²) in [5, 5.41) is 0. The number of carbonyl (C=O) groups is 1. The number of hydrogen-bond donors (Lipinski definition) is 1. The number of H-pyrrole nitrogens is 1. The van der Waals surface area contributed by atoms with Crippen molar-refractivity contribution >= 4 is 5.78 Å². The lowest BCUT2D eigenvalue weighted by Gasteiger charge is -2.34. The highest BCUT2D eigenvalue weighted by Crippen LogP contribution is 2.29. The molecular formula is C17H28N2O. The lowest BCUT2D eigenvalue weighted by Crippen LogP contribution is -2.38. The van der Waals surface area contributed by atoms with E-state index >= 15 is 0 Å². The first-order valence-corrected chi connectivity index (χ1v) is 7.91. The third-order valence-corrected chi connectivity index (χ3v) is 4.86. The summed E-state index contributed by atoms with van der Waals surface area (Å²) in [6.07, 6.45) is 6.43. The molecule has 1 saturated carbocycles. The van der Waals surface area contributed by atoms with Crippen LogP contribution < -0.4 is 0 Å². The summed E-state index contributed by atoms with van der Waals surface area (Å²) in [7, 11) is 2.10. The molecule has 0 amide bonds. The Bertz CT molecular complexity index is 456. The third-order valence-electron chi connectivity index (χ3n) is 4.86. The van der Waals surface area contributed by atoms with Gasteiger partial charge in [-0.3, -0.25) is 9.69 Å². The van der Waals surface area contributed by atoms with E-state index in [1.807, 2.05) is 19.9 Å². The average Bonchev–Trinajstić information content (AvgIpc) is 2.78. The molecule has 2 rings (SSSR count). The van der Waals surface area contributed by atoms with E-state index in [1.54, 1.807) is 0 Å². The molecule has 20 heavy (non-hydrogen) atoms. The zero-order valence-electron chi connectivity index (χ0n) is 13.3. The monoisotopic (exact) mass is 276 g/mol. The molecule has 112 valence electrons. The van der Waals surface area contributed by atoms with Crippen molar-refractivity contribution in [1.29, 1.82) is 0 Å². The van der Waals surface area contributed by atoms with Crippen molar-refractivity contribution in [3.05, 3.63) is 23.0 Å². The van der Waals surface area contributed by atoms with Crippen LogP contribution in [-0.4, -0.2) is 35.3 Å². The molecule has 0 aromatic carbocycles. The fourth-order valence-electron chi connectivity index (χ4n) is 3.45. The molecule has 0 saturated heterocycles. The molecule has 3 heteroatoms. The number of aryl methyl sites for hydroxylation is 2. The van der Waals surface area contributed by atoms with Crippen LogP contribution in [0.4, 0.5) is 0 Å². The number of carbonyl (C=O) groups excluding carboxylic acids is 1. The van der Waals surface area contributed by atoms with Crippen LogP contribution in [0.2, 0.25) is 0 Å². The van der Waals surface area contributed by atoms with Crippen LogP contribution in [0.5, 0.6) is 0 Å². The maximum absolute atomic E-state index is 12.4. The van der Waals surface area contributed by atoms with Gasteiger partial charge in [0.05, 0.1) is 6.54 Å². The molecular weight excluding hydrogens is 248 g/mol. The average molecular weight is 276 g/mol. The second-order valence-electron chi connectivity index (χ2n) is 6.41. The Hall–Kier alpha value is -1.09. The van der Waals surface area contributed by atoms with E-state index < -0.39 is 0 Å². The summed E-state index contributed by atoms with van der Waals surface area (Å²) in [5.41, 5.74) is 2.92. The van der Waals surface area contributed by atoms with Gasteiger partial charge in [0, 0.05) is 23.0 Å². The van der Waals surface area contributed by atoms with Gasteiger partial charge in [0.2, 0.25) is 0 Å². The number of rotatable bonds is 5. The molecule has 1 aromatic heterocycles. The quantitative estimate of drug-likeness (QED) is 0.832. The molecule has 1 N–H and O–H groups in total. The Morgan fingerprint density at radius 1 is 1.30 bits per heavy atom. The lowest BCUT2D eigenvalue weighted by atomic mass is 9.84. The summed E-state index contributed by atoms with van der Waals surface area (Å²) in [4.78, 5) is 17.9. The molecule has 0 atom stereocenters. The van der Waals surface area contributed by atoms with E-state index in [9.17, 15) is 4.79 Å². The Morgan fingerprint density at radius 2 is 1.95 bits per heavy atom. The smallest absolute Gasteiger partial charge is 0.178 e. The minimum absolute atomic E-state index is 0.243. The van der Waals surface area contributed by atoms with Gasteiger partial charge < -0.3 is 4.98 Å². The number of Topliss-reactive ketones (excluding diaryl/α,β-unsaturated/α-hetero) is 1. The Morgan fingerprint density at radius 3 is 2.45 bits per heavy atom. The molecule has 1 aliphatic carbocycles. The first kappa shape index (κ1) is 15.3. The van der Waals surface area contributed by atoms with E-state index in [1.165, 1.54) is 32.1 Å². The molecule has 1 fully saturated rings. The van der Waals surface area contributed by atoms with Crippen LogP contribution in [0.15, 0.2) is 6.07 Å². The van der Waals surface area contributed by atoms with Gasteiger partial charge in [0.1, 0.15) is 0 Å². The standard InChI is InChI=1S/C17H28N2O/c1-5-14-6-8-15(9-7-14)19(4)11-17(20)16-10-12(2)18-13(16)3/h10,14-15,18H,5-9,11H2,1-4H3. The van der Waals surface area contributed by atoms with Crippen LogP contribution >= 0.6 is 0 Å². The van der Waals surface area contributed by atoms with Gasteiger partial charge in [-0.1, -0.05) is 13.3 Å². The van der Waals surface area contributed by atoms with Gasteiger partial charge in [-0.05, 0) is 58.6 Å². The van der Waals surface area contributed by atoms with E-state index in [0.29, 0.717) is 12.6 Å². The second kappa shape index (κ2) is 6.57. The van der Waals surface area contributed by atoms with Crippen molar-refractivity contribution in [1.82, 2.24) is 9.88 Å². The predicted molar refractivity (Wildman–Crippen MR) is 83.3 cm³/mol. The molecule has 3 nitrogen and oxygen atoms in total. The summed E-state index contributed by atoms with van der Waals surface area (Å²) < 4.78 is 0. The van der Waals surface area contributed by atoms with Crippen molar-refractivity contribution in [2.75, 3.05) is 13.6 Å². The van der Waals surface area contributed by atoms with Gasteiger partial charge in [0.25, 0.3) is 0 Å². The summed E-state index contributed by atoms with van der Waals surface area (Å²) in [5.74, 6) is 1.15. The van der Waals surface area contributed by atoms with Crippen LogP contribution in [0.3, 0.4) is 0 Å². The van der Waals surface area contributed by atoms with Gasteiger partial charge in [-0.2, -0.15) is 0 Å². The van der Waals surface area contributed by atoms with Gasteiger partial charge >= 0.3 is 0 Å². The minimum Gasteiger partial charge on any atom is -0.362 e. The van der Waals surface area contributed by atoms with E-state index in [2.05, 4.69) is 23.9 Å². The fraction of sp³-hybridized carbons (Fsp3) is 0.706. The number of hydrogen-bond acceptors (Lipinski definition) is 2. The van der Waals surface area contributed by atoms with Crippen molar-refractivity contribution < 1.29 is 4.79 Å². The molecule has 0 spiro atoms. The Labute approximate surface area is 122 Å². The zero-order chi connectivity index (χ0) is 14.7. The molecule has 1 heterocycles. The van der Waals surface area contributed by atoms with Crippen LogP contribution in [-0.2, 0) is 0 Å². The SMILES string of the molecule is CCC1CCC(N(C)CC(=O)c2cc(C)[nH]c2C)CC1. The second-order valence-corrected chi connectivity index (χ2v) is 6.41. The topological polar surface area (TPSA) is 36.1 Å². The van der Waals surface area contributed by atoms with Gasteiger partial charge in [-0.15, -0.1) is 0 Å². The summed E-state index contributed by atoms with van der Waals surface area (Å²) in [6, 6.07) is 2.56. The Kier molecular flexibility index (Phi) is 5.03. The maximum Gasteiger partial charge on any atom is 0.178 e. The highest BCUT2D eigenvalue weighted by atomic mass is 16.1. The normalized spacial score (nSPS) is 23.2. The number of nitrogens with one attached hydrogen (secondary N) is 1. The first-order valence-electron chi connectivity index (χ1n) is 7.91.